The molecule has 0 saturated heterocycles. The van der Waals surface area contributed by atoms with Gasteiger partial charge in [0.1, 0.15) is 6.10 Å². The third kappa shape index (κ3) is 3.14. The van der Waals surface area contributed by atoms with Crippen LogP contribution in [0.1, 0.15) is 55.3 Å². The summed E-state index contributed by atoms with van der Waals surface area (Å²) >= 11 is 0. The Morgan fingerprint density at radius 2 is 1.55 bits per heavy atom. The van der Waals surface area contributed by atoms with Crippen molar-refractivity contribution in [1.29, 1.82) is 0 Å². The molecule has 1 N–H and O–H groups in total. The van der Waals surface area contributed by atoms with Crippen LogP contribution in [0.3, 0.4) is 0 Å². The second-order valence-corrected chi connectivity index (χ2v) is 5.38. The van der Waals surface area contributed by atoms with Crippen LogP contribution in [0.5, 0.6) is 0 Å². The van der Waals surface area contributed by atoms with E-state index in [9.17, 15) is 22.7 Å². The second-order valence-electron chi connectivity index (χ2n) is 5.38. The van der Waals surface area contributed by atoms with E-state index in [0.717, 1.165) is 31.2 Å². The predicted octanol–water partition coefficient (Wildman–Crippen LogP) is 4.67. The number of aliphatic hydroxyl groups is 1. The molecule has 0 heterocycles. The molecule has 112 valence electrons. The van der Waals surface area contributed by atoms with Gasteiger partial charge >= 0.3 is 12.3 Å². The molecule has 1 aliphatic carbocycles. The van der Waals surface area contributed by atoms with E-state index in [4.69, 9.17) is 0 Å². The molecule has 0 aliphatic heterocycles. The third-order valence-electron chi connectivity index (χ3n) is 3.98. The standard InChI is InChI=1S/C15H18F4O/c16-14(17)15(18,19)13(20)12-8-6-11(7-9-12)10-4-2-1-3-5-10/h6-10,13-14,20H,1-5H2. The fourth-order valence-corrected chi connectivity index (χ4v) is 2.73. The molecule has 2 rings (SSSR count). The summed E-state index contributed by atoms with van der Waals surface area (Å²) in [6, 6.07) is 5.97. The quantitative estimate of drug-likeness (QED) is 0.799. The number of rotatable bonds is 4. The second kappa shape index (κ2) is 6.12. The minimum Gasteiger partial charge on any atom is -0.382 e. The normalized spacial score (nSPS) is 19.3. The van der Waals surface area contributed by atoms with Gasteiger partial charge in [-0.3, -0.25) is 0 Å². The SMILES string of the molecule is OC(c1ccc(C2CCCCC2)cc1)C(F)(F)C(F)F. The first-order valence-electron chi connectivity index (χ1n) is 6.87. The van der Waals surface area contributed by atoms with E-state index < -0.39 is 18.5 Å². The van der Waals surface area contributed by atoms with E-state index in [-0.39, 0.29) is 5.56 Å². The molecule has 1 nitrogen and oxygen atoms in total. The molecule has 20 heavy (non-hydrogen) atoms. The number of hydrogen-bond acceptors (Lipinski definition) is 1. The Bertz CT molecular complexity index is 424. The topological polar surface area (TPSA) is 20.2 Å². The van der Waals surface area contributed by atoms with Crippen molar-refractivity contribution in [3.05, 3.63) is 35.4 Å². The highest BCUT2D eigenvalue weighted by atomic mass is 19.3. The van der Waals surface area contributed by atoms with Crippen molar-refractivity contribution < 1.29 is 22.7 Å². The average molecular weight is 290 g/mol. The zero-order chi connectivity index (χ0) is 14.8. The first-order chi connectivity index (χ1) is 9.43. The van der Waals surface area contributed by atoms with Crippen LogP contribution in [-0.2, 0) is 0 Å². The molecule has 0 radical (unpaired) electrons. The number of hydrogen-bond donors (Lipinski definition) is 1. The number of aliphatic hydroxyl groups excluding tert-OH is 1. The Morgan fingerprint density at radius 3 is 2.05 bits per heavy atom. The molecule has 1 atom stereocenters. The van der Waals surface area contributed by atoms with Gasteiger partial charge in [0.15, 0.2) is 0 Å². The van der Waals surface area contributed by atoms with Crippen LogP contribution in [0.15, 0.2) is 24.3 Å². The largest absolute Gasteiger partial charge is 0.382 e. The average Bonchev–Trinajstić information content (AvgIpc) is 2.47. The van der Waals surface area contributed by atoms with E-state index in [1.54, 1.807) is 12.1 Å². The van der Waals surface area contributed by atoms with Gasteiger partial charge in [0.2, 0.25) is 0 Å². The minimum atomic E-state index is -4.42. The highest BCUT2D eigenvalue weighted by Gasteiger charge is 2.48. The number of alkyl halides is 4. The molecule has 0 bridgehead atoms. The maximum Gasteiger partial charge on any atom is 0.336 e. The lowest BCUT2D eigenvalue weighted by molar-refractivity contribution is -0.193. The Hall–Kier alpha value is -1.10. The molecule has 1 aromatic carbocycles. The highest BCUT2D eigenvalue weighted by molar-refractivity contribution is 5.28. The van der Waals surface area contributed by atoms with Gasteiger partial charge in [0, 0.05) is 0 Å². The Labute approximate surface area is 115 Å². The maximum absolute atomic E-state index is 13.1. The lowest BCUT2D eigenvalue weighted by atomic mass is 9.83. The summed E-state index contributed by atoms with van der Waals surface area (Å²) in [5.41, 5.74) is 0.857. The van der Waals surface area contributed by atoms with Gasteiger partial charge in [-0.1, -0.05) is 43.5 Å². The molecule has 1 aromatic rings. The van der Waals surface area contributed by atoms with Gasteiger partial charge in [-0.2, -0.15) is 8.78 Å². The van der Waals surface area contributed by atoms with Crippen LogP contribution in [0, 0.1) is 0 Å². The van der Waals surface area contributed by atoms with Crippen molar-refractivity contribution in [1.82, 2.24) is 0 Å². The first-order valence-corrected chi connectivity index (χ1v) is 6.87. The Balaban J connectivity index is 2.11. The van der Waals surface area contributed by atoms with Crippen molar-refractivity contribution in [3.8, 4) is 0 Å². The van der Waals surface area contributed by atoms with E-state index >= 15 is 0 Å². The maximum atomic E-state index is 13.1. The van der Waals surface area contributed by atoms with Gasteiger partial charge in [-0.25, -0.2) is 8.78 Å². The van der Waals surface area contributed by atoms with Crippen LogP contribution in [0.25, 0.3) is 0 Å². The van der Waals surface area contributed by atoms with E-state index in [0.29, 0.717) is 5.92 Å². The van der Waals surface area contributed by atoms with Gasteiger partial charge in [0.05, 0.1) is 0 Å². The molecule has 5 heteroatoms. The van der Waals surface area contributed by atoms with Gasteiger partial charge in [0.25, 0.3) is 0 Å². The fourth-order valence-electron chi connectivity index (χ4n) is 2.73. The van der Waals surface area contributed by atoms with Crippen molar-refractivity contribution in [3.63, 3.8) is 0 Å². The van der Waals surface area contributed by atoms with Gasteiger partial charge < -0.3 is 5.11 Å². The van der Waals surface area contributed by atoms with E-state index in [2.05, 4.69) is 0 Å². The highest BCUT2D eigenvalue weighted by Crippen LogP contribution is 2.38. The summed E-state index contributed by atoms with van der Waals surface area (Å²) in [4.78, 5) is 0. The Kier molecular flexibility index (Phi) is 4.68. The molecule has 0 amide bonds. The van der Waals surface area contributed by atoms with Gasteiger partial charge in [-0.15, -0.1) is 0 Å². The van der Waals surface area contributed by atoms with Crippen LogP contribution < -0.4 is 0 Å². The summed E-state index contributed by atoms with van der Waals surface area (Å²) in [7, 11) is 0. The predicted molar refractivity (Wildman–Crippen MR) is 68.2 cm³/mol. The smallest absolute Gasteiger partial charge is 0.336 e. The van der Waals surface area contributed by atoms with Crippen molar-refractivity contribution in [2.75, 3.05) is 0 Å². The molecule has 1 saturated carbocycles. The fraction of sp³-hybridized carbons (Fsp3) is 0.600. The third-order valence-corrected chi connectivity index (χ3v) is 3.98. The van der Waals surface area contributed by atoms with Crippen molar-refractivity contribution >= 4 is 0 Å². The number of halogens is 4. The molecular formula is C15H18F4O. The molecule has 1 unspecified atom stereocenters. The van der Waals surface area contributed by atoms with Crippen molar-refractivity contribution in [2.45, 2.75) is 56.5 Å². The molecule has 1 aliphatic rings. The lowest BCUT2D eigenvalue weighted by Gasteiger charge is -2.24. The van der Waals surface area contributed by atoms with Crippen molar-refractivity contribution in [2.24, 2.45) is 0 Å². The molecule has 0 spiro atoms. The lowest BCUT2D eigenvalue weighted by Crippen LogP contribution is -2.34. The summed E-state index contributed by atoms with van der Waals surface area (Å²) in [5, 5.41) is 9.39. The van der Waals surface area contributed by atoms with Gasteiger partial charge in [-0.05, 0) is 29.9 Å². The summed E-state index contributed by atoms with van der Waals surface area (Å²) in [6.07, 6.45) is -0.701. The molecule has 0 aromatic heterocycles. The zero-order valence-electron chi connectivity index (χ0n) is 11.0. The first kappa shape index (κ1) is 15.3. The Morgan fingerprint density at radius 1 is 1.00 bits per heavy atom. The zero-order valence-corrected chi connectivity index (χ0v) is 11.0. The minimum absolute atomic E-state index is 0.171. The summed E-state index contributed by atoms with van der Waals surface area (Å²) < 4.78 is 50.6. The van der Waals surface area contributed by atoms with Crippen LogP contribution in [-0.4, -0.2) is 17.5 Å². The van der Waals surface area contributed by atoms with E-state index in [1.165, 1.54) is 18.6 Å². The summed E-state index contributed by atoms with van der Waals surface area (Å²) in [6.45, 7) is 0. The monoisotopic (exact) mass is 290 g/mol. The molecule has 1 fully saturated rings. The van der Waals surface area contributed by atoms with Crippen LogP contribution in [0.4, 0.5) is 17.6 Å². The van der Waals surface area contributed by atoms with E-state index in [1.807, 2.05) is 0 Å². The molecular weight excluding hydrogens is 272 g/mol. The summed E-state index contributed by atoms with van der Waals surface area (Å²) in [5.74, 6) is -4.02. The number of benzene rings is 1. The van der Waals surface area contributed by atoms with Crippen LogP contribution >= 0.6 is 0 Å². The van der Waals surface area contributed by atoms with Crippen LogP contribution in [0.2, 0.25) is 0 Å².